The fourth-order valence-corrected chi connectivity index (χ4v) is 3.85. The molecular formula is C19H24N4O2. The summed E-state index contributed by atoms with van der Waals surface area (Å²) in [5.41, 5.74) is 2.06. The molecule has 0 radical (unpaired) electrons. The number of nitrogens with zero attached hydrogens (tertiary/aromatic N) is 2. The van der Waals surface area contributed by atoms with Gasteiger partial charge < -0.3 is 10.1 Å². The van der Waals surface area contributed by atoms with Crippen LogP contribution >= 0.6 is 0 Å². The van der Waals surface area contributed by atoms with E-state index in [0.29, 0.717) is 12.5 Å². The van der Waals surface area contributed by atoms with E-state index < -0.39 is 0 Å². The van der Waals surface area contributed by atoms with Gasteiger partial charge in [0.2, 0.25) is 5.91 Å². The van der Waals surface area contributed by atoms with Gasteiger partial charge in [0.15, 0.2) is 0 Å². The van der Waals surface area contributed by atoms with Gasteiger partial charge in [-0.1, -0.05) is 12.1 Å². The number of methoxy groups -OCH3 is 1. The van der Waals surface area contributed by atoms with Crippen molar-refractivity contribution in [3.63, 3.8) is 0 Å². The number of aromatic nitrogens is 2. The molecule has 1 aromatic heterocycles. The number of H-pyrrole nitrogens is 1. The fourth-order valence-electron chi connectivity index (χ4n) is 3.85. The van der Waals surface area contributed by atoms with Crippen LogP contribution in [-0.2, 0) is 11.2 Å². The van der Waals surface area contributed by atoms with E-state index in [2.05, 4.69) is 32.5 Å². The summed E-state index contributed by atoms with van der Waals surface area (Å²) in [6.45, 7) is 1.03. The van der Waals surface area contributed by atoms with E-state index in [-0.39, 0.29) is 18.0 Å². The lowest BCUT2D eigenvalue weighted by Crippen LogP contribution is -2.40. The van der Waals surface area contributed by atoms with Crippen LogP contribution in [0.15, 0.2) is 36.5 Å². The second kappa shape index (κ2) is 6.88. The number of amides is 1. The van der Waals surface area contributed by atoms with Crippen LogP contribution in [0.2, 0.25) is 0 Å². The van der Waals surface area contributed by atoms with Gasteiger partial charge in [-0.25, -0.2) is 0 Å². The van der Waals surface area contributed by atoms with Crippen LogP contribution in [0.4, 0.5) is 0 Å². The van der Waals surface area contributed by atoms with Crippen LogP contribution in [-0.4, -0.2) is 46.7 Å². The minimum absolute atomic E-state index is 0.0415. The third kappa shape index (κ3) is 3.54. The Hall–Kier alpha value is -2.34. The molecule has 2 aromatic rings. The zero-order valence-corrected chi connectivity index (χ0v) is 14.4. The number of likely N-dealkylation sites (tertiary alicyclic amines) is 1. The van der Waals surface area contributed by atoms with Crippen molar-refractivity contribution in [3.8, 4) is 5.75 Å². The van der Waals surface area contributed by atoms with E-state index in [1.807, 2.05) is 18.2 Å². The fraction of sp³-hybridized carbons (Fsp3) is 0.474. The lowest BCUT2D eigenvalue weighted by molar-refractivity contribution is -0.121. The van der Waals surface area contributed by atoms with E-state index in [4.69, 9.17) is 4.74 Å². The number of benzene rings is 1. The molecule has 132 valence electrons. The van der Waals surface area contributed by atoms with Gasteiger partial charge in [-0.15, -0.1) is 0 Å². The first-order chi connectivity index (χ1) is 12.2. The van der Waals surface area contributed by atoms with Gasteiger partial charge in [-0.05, 0) is 43.0 Å². The molecule has 1 saturated heterocycles. The second-order valence-corrected chi connectivity index (χ2v) is 6.91. The molecule has 6 nitrogen and oxygen atoms in total. The zero-order valence-electron chi connectivity index (χ0n) is 14.4. The summed E-state index contributed by atoms with van der Waals surface area (Å²) < 4.78 is 5.40. The highest BCUT2D eigenvalue weighted by molar-refractivity contribution is 5.78. The second-order valence-electron chi connectivity index (χ2n) is 6.91. The summed E-state index contributed by atoms with van der Waals surface area (Å²) in [6.07, 6.45) is 5.51. The molecule has 2 heterocycles. The number of rotatable bonds is 6. The van der Waals surface area contributed by atoms with E-state index in [9.17, 15) is 4.79 Å². The maximum absolute atomic E-state index is 12.5. The standard InChI is InChI=1S/C19H24N4O2/c1-25-16-4-2-3-13(11-16)19-17(8-10-23(19)15-5-6-15)21-18(24)12-14-7-9-20-22-14/h2-4,7,9,11,15,17,19H,5-6,8,10,12H2,1H3,(H,20,22)(H,21,24)/t17-,19-/m1/s1. The Morgan fingerprint density at radius 3 is 2.96 bits per heavy atom. The molecule has 0 unspecified atom stereocenters. The van der Waals surface area contributed by atoms with Gasteiger partial charge >= 0.3 is 0 Å². The first kappa shape index (κ1) is 16.1. The molecule has 4 rings (SSSR count). The SMILES string of the molecule is COc1cccc([C@@H]2[C@H](NC(=O)Cc3ccn[nH]3)CCN2C2CC2)c1. The average molecular weight is 340 g/mol. The Balaban J connectivity index is 1.52. The third-order valence-corrected chi connectivity index (χ3v) is 5.14. The maximum atomic E-state index is 12.5. The molecule has 6 heteroatoms. The molecule has 1 aliphatic heterocycles. The Labute approximate surface area is 147 Å². The van der Waals surface area contributed by atoms with Crippen LogP contribution < -0.4 is 10.1 Å². The molecule has 2 atom stereocenters. The summed E-state index contributed by atoms with van der Waals surface area (Å²) in [6, 6.07) is 11.1. The number of ether oxygens (including phenoxy) is 1. The summed E-state index contributed by atoms with van der Waals surface area (Å²) in [5, 5.41) is 10.0. The molecule has 2 fully saturated rings. The molecule has 1 amide bonds. The number of aromatic amines is 1. The largest absolute Gasteiger partial charge is 0.497 e. The predicted octanol–water partition coefficient (Wildman–Crippen LogP) is 2.05. The van der Waals surface area contributed by atoms with Crippen LogP contribution in [0.25, 0.3) is 0 Å². The van der Waals surface area contributed by atoms with E-state index >= 15 is 0 Å². The van der Waals surface area contributed by atoms with Gasteiger partial charge in [-0.3, -0.25) is 14.8 Å². The monoisotopic (exact) mass is 340 g/mol. The van der Waals surface area contributed by atoms with Crippen molar-refractivity contribution < 1.29 is 9.53 Å². The van der Waals surface area contributed by atoms with Gasteiger partial charge in [0.05, 0.1) is 19.6 Å². The van der Waals surface area contributed by atoms with Gasteiger partial charge in [0.25, 0.3) is 0 Å². The number of hydrogen-bond donors (Lipinski definition) is 2. The average Bonchev–Trinajstić information content (AvgIpc) is 3.19. The lowest BCUT2D eigenvalue weighted by Gasteiger charge is -2.29. The number of carbonyl (C=O) groups is 1. The predicted molar refractivity (Wildman–Crippen MR) is 94.3 cm³/mol. The Morgan fingerprint density at radius 2 is 2.24 bits per heavy atom. The summed E-state index contributed by atoms with van der Waals surface area (Å²) in [7, 11) is 1.69. The van der Waals surface area contributed by atoms with Crippen molar-refractivity contribution in [1.82, 2.24) is 20.4 Å². The highest BCUT2D eigenvalue weighted by atomic mass is 16.5. The van der Waals surface area contributed by atoms with Crippen LogP contribution in [0.3, 0.4) is 0 Å². The van der Waals surface area contributed by atoms with E-state index in [1.165, 1.54) is 18.4 Å². The molecule has 25 heavy (non-hydrogen) atoms. The summed E-state index contributed by atoms with van der Waals surface area (Å²) in [5.74, 6) is 0.905. The van der Waals surface area contributed by atoms with Crippen LogP contribution in [0, 0.1) is 0 Å². The van der Waals surface area contributed by atoms with Crippen molar-refractivity contribution in [1.29, 1.82) is 0 Å². The highest BCUT2D eigenvalue weighted by Crippen LogP contribution is 2.41. The van der Waals surface area contributed by atoms with E-state index in [0.717, 1.165) is 24.4 Å². The van der Waals surface area contributed by atoms with Crippen molar-refractivity contribution in [2.45, 2.75) is 43.8 Å². The van der Waals surface area contributed by atoms with Gasteiger partial charge in [0, 0.05) is 30.5 Å². The topological polar surface area (TPSA) is 70.2 Å². The first-order valence-corrected chi connectivity index (χ1v) is 8.92. The minimum Gasteiger partial charge on any atom is -0.497 e. The number of carbonyl (C=O) groups excluding carboxylic acids is 1. The molecule has 0 spiro atoms. The van der Waals surface area contributed by atoms with E-state index in [1.54, 1.807) is 13.3 Å². The highest BCUT2D eigenvalue weighted by Gasteiger charge is 2.43. The Bertz CT molecular complexity index is 727. The molecule has 1 aliphatic carbocycles. The van der Waals surface area contributed by atoms with Crippen molar-refractivity contribution in [2.24, 2.45) is 0 Å². The lowest BCUT2D eigenvalue weighted by atomic mass is 9.99. The molecule has 2 aliphatic rings. The van der Waals surface area contributed by atoms with Crippen molar-refractivity contribution >= 4 is 5.91 Å². The normalized spacial score (nSPS) is 23.6. The first-order valence-electron chi connectivity index (χ1n) is 8.92. The minimum atomic E-state index is 0.0415. The smallest absolute Gasteiger partial charge is 0.226 e. The van der Waals surface area contributed by atoms with Gasteiger partial charge in [-0.2, -0.15) is 5.10 Å². The Kier molecular flexibility index (Phi) is 4.44. The summed E-state index contributed by atoms with van der Waals surface area (Å²) in [4.78, 5) is 15.0. The van der Waals surface area contributed by atoms with Crippen LogP contribution in [0.1, 0.15) is 36.6 Å². The molecular weight excluding hydrogens is 316 g/mol. The maximum Gasteiger partial charge on any atom is 0.226 e. The molecule has 0 bridgehead atoms. The Morgan fingerprint density at radius 1 is 1.36 bits per heavy atom. The van der Waals surface area contributed by atoms with Gasteiger partial charge in [0.1, 0.15) is 5.75 Å². The quantitative estimate of drug-likeness (QED) is 0.844. The van der Waals surface area contributed by atoms with Crippen LogP contribution in [0.5, 0.6) is 5.75 Å². The summed E-state index contributed by atoms with van der Waals surface area (Å²) >= 11 is 0. The van der Waals surface area contributed by atoms with Crippen molar-refractivity contribution in [3.05, 3.63) is 47.8 Å². The molecule has 1 aromatic carbocycles. The number of hydrogen-bond acceptors (Lipinski definition) is 4. The molecule has 2 N–H and O–H groups in total. The zero-order chi connectivity index (χ0) is 17.2. The van der Waals surface area contributed by atoms with Crippen molar-refractivity contribution in [2.75, 3.05) is 13.7 Å². The third-order valence-electron chi connectivity index (χ3n) is 5.14. The molecule has 1 saturated carbocycles. The number of nitrogens with one attached hydrogen (secondary N) is 2.